The summed E-state index contributed by atoms with van der Waals surface area (Å²) in [4.78, 5) is 32.5. The third-order valence-corrected chi connectivity index (χ3v) is 5.12. The minimum absolute atomic E-state index is 0.196. The standard InChI is InChI=1S/C23H28N4O3/c1-24-23(26(2)16-17-10-12-18(30-3)13-11-17)25-14-6-7-15-27-21(28)19-8-4-5-9-20(19)22(27)29/h4-5,8-13H,6-7,14-16H2,1-3H3,(H,24,25). The molecule has 1 N–H and O–H groups in total. The molecule has 0 atom stereocenters. The second-order valence-electron chi connectivity index (χ2n) is 7.19. The van der Waals surface area contributed by atoms with Crippen LogP contribution in [0.25, 0.3) is 0 Å². The van der Waals surface area contributed by atoms with Gasteiger partial charge in [-0.15, -0.1) is 0 Å². The predicted octanol–water partition coefficient (Wildman–Crippen LogP) is 2.78. The van der Waals surface area contributed by atoms with Crippen molar-refractivity contribution in [1.82, 2.24) is 15.1 Å². The van der Waals surface area contributed by atoms with Crippen molar-refractivity contribution in [2.24, 2.45) is 4.99 Å². The van der Waals surface area contributed by atoms with Gasteiger partial charge in [0, 0.05) is 33.7 Å². The average molecular weight is 409 g/mol. The Bertz CT molecular complexity index is 889. The van der Waals surface area contributed by atoms with Gasteiger partial charge >= 0.3 is 0 Å². The number of amides is 2. The monoisotopic (exact) mass is 408 g/mol. The maximum absolute atomic E-state index is 12.4. The largest absolute Gasteiger partial charge is 0.497 e. The van der Waals surface area contributed by atoms with Crippen LogP contribution in [0.1, 0.15) is 39.1 Å². The van der Waals surface area contributed by atoms with Crippen molar-refractivity contribution in [2.75, 3.05) is 34.3 Å². The molecule has 30 heavy (non-hydrogen) atoms. The molecule has 0 unspecified atom stereocenters. The molecular weight excluding hydrogens is 380 g/mol. The summed E-state index contributed by atoms with van der Waals surface area (Å²) in [6.07, 6.45) is 1.56. The van der Waals surface area contributed by atoms with Gasteiger partial charge in [0.25, 0.3) is 11.8 Å². The highest BCUT2D eigenvalue weighted by molar-refractivity contribution is 6.21. The van der Waals surface area contributed by atoms with Crippen LogP contribution in [0.5, 0.6) is 5.75 Å². The maximum Gasteiger partial charge on any atom is 0.261 e. The lowest BCUT2D eigenvalue weighted by Gasteiger charge is -2.22. The van der Waals surface area contributed by atoms with Crippen molar-refractivity contribution in [3.05, 3.63) is 65.2 Å². The van der Waals surface area contributed by atoms with Crippen LogP contribution in [0, 0.1) is 0 Å². The number of aliphatic imine (C=N–C) groups is 1. The molecule has 0 aliphatic carbocycles. The van der Waals surface area contributed by atoms with E-state index < -0.39 is 0 Å². The van der Waals surface area contributed by atoms with Crippen molar-refractivity contribution >= 4 is 17.8 Å². The molecule has 7 heteroatoms. The van der Waals surface area contributed by atoms with Crippen LogP contribution < -0.4 is 10.1 Å². The van der Waals surface area contributed by atoms with Gasteiger partial charge in [-0.1, -0.05) is 24.3 Å². The molecule has 3 rings (SSSR count). The summed E-state index contributed by atoms with van der Waals surface area (Å²) in [7, 11) is 5.39. The summed E-state index contributed by atoms with van der Waals surface area (Å²) >= 11 is 0. The molecule has 0 saturated heterocycles. The van der Waals surface area contributed by atoms with Crippen molar-refractivity contribution in [3.63, 3.8) is 0 Å². The number of nitrogens with one attached hydrogen (secondary N) is 1. The quantitative estimate of drug-likeness (QED) is 0.315. The van der Waals surface area contributed by atoms with E-state index in [1.807, 2.05) is 36.2 Å². The zero-order valence-electron chi connectivity index (χ0n) is 17.7. The number of fused-ring (bicyclic) bond motifs is 1. The Morgan fingerprint density at radius 2 is 1.67 bits per heavy atom. The Hall–Kier alpha value is -3.35. The first-order valence-electron chi connectivity index (χ1n) is 10.0. The molecule has 0 fully saturated rings. The zero-order chi connectivity index (χ0) is 21.5. The van der Waals surface area contributed by atoms with E-state index >= 15 is 0 Å². The molecule has 0 spiro atoms. The number of methoxy groups -OCH3 is 1. The van der Waals surface area contributed by atoms with Crippen LogP contribution in [-0.2, 0) is 6.54 Å². The van der Waals surface area contributed by atoms with E-state index in [4.69, 9.17) is 4.74 Å². The topological polar surface area (TPSA) is 74.2 Å². The van der Waals surface area contributed by atoms with Gasteiger partial charge in [-0.2, -0.15) is 0 Å². The number of hydrogen-bond donors (Lipinski definition) is 1. The van der Waals surface area contributed by atoms with Gasteiger partial charge in [-0.25, -0.2) is 0 Å². The van der Waals surface area contributed by atoms with Crippen LogP contribution in [0.2, 0.25) is 0 Å². The third-order valence-electron chi connectivity index (χ3n) is 5.12. The van der Waals surface area contributed by atoms with Crippen molar-refractivity contribution in [1.29, 1.82) is 0 Å². The zero-order valence-corrected chi connectivity index (χ0v) is 17.7. The number of carbonyl (C=O) groups excluding carboxylic acids is 2. The summed E-state index contributed by atoms with van der Waals surface area (Å²) in [6, 6.07) is 14.9. The van der Waals surface area contributed by atoms with Crippen LogP contribution in [0.4, 0.5) is 0 Å². The van der Waals surface area contributed by atoms with E-state index in [2.05, 4.69) is 10.3 Å². The highest BCUT2D eigenvalue weighted by atomic mass is 16.5. The first-order chi connectivity index (χ1) is 14.5. The number of guanidine groups is 1. The smallest absolute Gasteiger partial charge is 0.261 e. The van der Waals surface area contributed by atoms with Crippen LogP contribution in [0.15, 0.2) is 53.5 Å². The Morgan fingerprint density at radius 3 is 2.23 bits per heavy atom. The molecule has 0 aromatic heterocycles. The van der Waals surface area contributed by atoms with Gasteiger partial charge in [0.2, 0.25) is 0 Å². The lowest BCUT2D eigenvalue weighted by atomic mass is 10.1. The predicted molar refractivity (Wildman–Crippen MR) is 117 cm³/mol. The number of nitrogens with zero attached hydrogens (tertiary/aromatic N) is 3. The lowest BCUT2D eigenvalue weighted by molar-refractivity contribution is 0.0652. The van der Waals surface area contributed by atoms with E-state index in [0.29, 0.717) is 24.2 Å². The Morgan fingerprint density at radius 1 is 1.03 bits per heavy atom. The lowest BCUT2D eigenvalue weighted by Crippen LogP contribution is -2.39. The number of carbonyl (C=O) groups is 2. The average Bonchev–Trinajstić information content (AvgIpc) is 3.01. The minimum Gasteiger partial charge on any atom is -0.497 e. The molecule has 1 aliphatic heterocycles. The van der Waals surface area contributed by atoms with Gasteiger partial charge in [0.05, 0.1) is 18.2 Å². The number of ether oxygens (including phenoxy) is 1. The fraction of sp³-hybridized carbons (Fsp3) is 0.348. The van der Waals surface area contributed by atoms with E-state index in [1.165, 1.54) is 4.90 Å². The number of hydrogen-bond acceptors (Lipinski definition) is 4. The van der Waals surface area contributed by atoms with Gasteiger partial charge in [0.15, 0.2) is 5.96 Å². The first-order valence-corrected chi connectivity index (χ1v) is 10.0. The van der Waals surface area contributed by atoms with Crippen LogP contribution in [0.3, 0.4) is 0 Å². The van der Waals surface area contributed by atoms with E-state index in [1.54, 1.807) is 38.4 Å². The SMILES string of the molecule is CN=C(NCCCCN1C(=O)c2ccccc2C1=O)N(C)Cc1ccc(OC)cc1. The molecule has 0 radical (unpaired) electrons. The molecule has 2 aromatic carbocycles. The normalized spacial score (nSPS) is 13.4. The van der Waals surface area contributed by atoms with Crippen molar-refractivity contribution in [2.45, 2.75) is 19.4 Å². The second kappa shape index (κ2) is 9.91. The van der Waals surface area contributed by atoms with Gasteiger partial charge < -0.3 is 15.0 Å². The summed E-state index contributed by atoms with van der Waals surface area (Å²) in [5.41, 5.74) is 2.16. The second-order valence-corrected chi connectivity index (χ2v) is 7.19. The molecule has 0 saturated carbocycles. The molecular formula is C23H28N4O3. The van der Waals surface area contributed by atoms with Gasteiger partial charge in [-0.05, 0) is 42.7 Å². The number of unbranched alkanes of at least 4 members (excludes halogenated alkanes) is 1. The fourth-order valence-electron chi connectivity index (χ4n) is 3.50. The molecule has 7 nitrogen and oxygen atoms in total. The van der Waals surface area contributed by atoms with Crippen molar-refractivity contribution < 1.29 is 14.3 Å². The number of benzene rings is 2. The first kappa shape index (κ1) is 21.4. The molecule has 1 aliphatic rings. The number of imide groups is 1. The summed E-state index contributed by atoms with van der Waals surface area (Å²) in [5, 5.41) is 3.34. The maximum atomic E-state index is 12.4. The third kappa shape index (κ3) is 4.79. The van der Waals surface area contributed by atoms with E-state index in [-0.39, 0.29) is 11.8 Å². The van der Waals surface area contributed by atoms with Gasteiger partial charge in [-0.3, -0.25) is 19.5 Å². The van der Waals surface area contributed by atoms with Crippen LogP contribution >= 0.6 is 0 Å². The van der Waals surface area contributed by atoms with E-state index in [9.17, 15) is 9.59 Å². The molecule has 158 valence electrons. The summed E-state index contributed by atoms with van der Waals surface area (Å²) < 4.78 is 5.19. The fourth-order valence-corrected chi connectivity index (χ4v) is 3.50. The van der Waals surface area contributed by atoms with Crippen LogP contribution in [-0.4, -0.2) is 61.9 Å². The highest BCUT2D eigenvalue weighted by Gasteiger charge is 2.34. The van der Waals surface area contributed by atoms with Gasteiger partial charge in [0.1, 0.15) is 5.75 Å². The highest BCUT2D eigenvalue weighted by Crippen LogP contribution is 2.22. The Kier molecular flexibility index (Phi) is 7.06. The Labute approximate surface area is 177 Å². The summed E-state index contributed by atoms with van der Waals surface area (Å²) in [6.45, 7) is 1.86. The summed E-state index contributed by atoms with van der Waals surface area (Å²) in [5.74, 6) is 1.24. The molecule has 2 aromatic rings. The van der Waals surface area contributed by atoms with Crippen molar-refractivity contribution in [3.8, 4) is 5.75 Å². The minimum atomic E-state index is -0.196. The molecule has 1 heterocycles. The van der Waals surface area contributed by atoms with E-state index in [0.717, 1.165) is 36.7 Å². The Balaban J connectivity index is 1.42. The molecule has 2 amide bonds. The number of rotatable bonds is 8. The molecule has 0 bridgehead atoms.